The minimum Gasteiger partial charge on any atom is -0.394 e. The zero-order chi connectivity index (χ0) is 37.2. The van der Waals surface area contributed by atoms with Gasteiger partial charge in [-0.05, 0) is 6.92 Å². The first-order chi connectivity index (χ1) is 23.5. The van der Waals surface area contributed by atoms with Crippen molar-refractivity contribution in [3.05, 3.63) is 0 Å². The molecule has 290 valence electrons. The molecule has 0 aliphatic carbocycles. The van der Waals surface area contributed by atoms with E-state index in [1.165, 1.54) is 6.92 Å². The van der Waals surface area contributed by atoms with E-state index in [2.05, 4.69) is 10.6 Å². The molecular formula is C28H48N2O20. The van der Waals surface area contributed by atoms with Gasteiger partial charge in [-0.15, -0.1) is 0 Å². The molecule has 22 nitrogen and oxygen atoms in total. The van der Waals surface area contributed by atoms with Gasteiger partial charge in [-0.25, -0.2) is 0 Å². The molecular weight excluding hydrogens is 684 g/mol. The quantitative estimate of drug-likeness (QED) is 0.0938. The van der Waals surface area contributed by atoms with Crippen LogP contribution in [0.1, 0.15) is 20.8 Å². The summed E-state index contributed by atoms with van der Waals surface area (Å²) < 4.78 is 40.3. The highest BCUT2D eigenvalue weighted by Gasteiger charge is 2.56. The highest BCUT2D eigenvalue weighted by molar-refractivity contribution is 5.73. The van der Waals surface area contributed by atoms with Gasteiger partial charge in [0.1, 0.15) is 91.4 Å². The van der Waals surface area contributed by atoms with Gasteiger partial charge in [0.05, 0.1) is 25.9 Å². The summed E-state index contributed by atoms with van der Waals surface area (Å²) in [5.41, 5.74) is 0. The molecule has 0 unspecified atom stereocenters. The number of amides is 2. The molecule has 4 rings (SSSR count). The summed E-state index contributed by atoms with van der Waals surface area (Å²) in [4.78, 5) is 24.1. The van der Waals surface area contributed by atoms with E-state index >= 15 is 0 Å². The lowest BCUT2D eigenvalue weighted by Crippen LogP contribution is -2.70. The van der Waals surface area contributed by atoms with Crippen molar-refractivity contribution < 1.29 is 98.9 Å². The number of carbonyl (C=O) groups excluding carboxylic acids is 2. The van der Waals surface area contributed by atoms with E-state index in [4.69, 9.17) is 33.2 Å². The number of hydrogen-bond donors (Lipinski definition) is 13. The van der Waals surface area contributed by atoms with Crippen LogP contribution in [0.4, 0.5) is 0 Å². The molecule has 0 aromatic heterocycles. The second-order valence-corrected chi connectivity index (χ2v) is 12.6. The van der Waals surface area contributed by atoms with Crippen LogP contribution in [0.25, 0.3) is 0 Å². The third-order valence-corrected chi connectivity index (χ3v) is 8.97. The second kappa shape index (κ2) is 17.4. The van der Waals surface area contributed by atoms with Gasteiger partial charge in [0.15, 0.2) is 25.2 Å². The Morgan fingerprint density at radius 2 is 1.00 bits per heavy atom. The van der Waals surface area contributed by atoms with Crippen molar-refractivity contribution >= 4 is 11.8 Å². The maximum atomic E-state index is 12.1. The number of nitrogens with one attached hydrogen (secondary N) is 2. The first kappa shape index (κ1) is 41.0. The van der Waals surface area contributed by atoms with E-state index in [9.17, 15) is 65.8 Å². The van der Waals surface area contributed by atoms with Crippen molar-refractivity contribution in [1.82, 2.24) is 10.6 Å². The van der Waals surface area contributed by atoms with Crippen LogP contribution in [-0.2, 0) is 42.7 Å². The Kier molecular flexibility index (Phi) is 14.2. The van der Waals surface area contributed by atoms with Crippen molar-refractivity contribution in [2.45, 2.75) is 143 Å². The van der Waals surface area contributed by atoms with Crippen LogP contribution in [0.3, 0.4) is 0 Å². The Balaban J connectivity index is 1.77. The fourth-order valence-electron chi connectivity index (χ4n) is 6.26. The number of carbonyl (C=O) groups is 2. The molecule has 4 aliphatic rings. The topological polar surface area (TPSA) is 345 Å². The summed E-state index contributed by atoms with van der Waals surface area (Å²) in [6, 6.07) is -3.09. The van der Waals surface area contributed by atoms with Crippen molar-refractivity contribution in [3.63, 3.8) is 0 Å². The zero-order valence-electron chi connectivity index (χ0n) is 27.3. The fourth-order valence-corrected chi connectivity index (χ4v) is 6.26. The molecule has 20 atom stereocenters. The van der Waals surface area contributed by atoms with Gasteiger partial charge in [-0.2, -0.15) is 0 Å². The van der Waals surface area contributed by atoms with Crippen LogP contribution in [0.15, 0.2) is 0 Å². The maximum Gasteiger partial charge on any atom is 0.217 e. The van der Waals surface area contributed by atoms with Gasteiger partial charge >= 0.3 is 0 Å². The zero-order valence-corrected chi connectivity index (χ0v) is 27.3. The first-order valence-corrected chi connectivity index (χ1v) is 15.9. The van der Waals surface area contributed by atoms with Crippen molar-refractivity contribution in [3.8, 4) is 0 Å². The summed E-state index contributed by atoms with van der Waals surface area (Å²) >= 11 is 0. The summed E-state index contributed by atoms with van der Waals surface area (Å²) in [6.07, 6.45) is -31.1. The SMILES string of the molecule is CC(=O)N[C@@H]1[C@@H](O[C@@H]2O[C@H](CO)[C@H](O)[C@H](O[C@H]3O[C@H](CO)[C@H](O)[C@H](O)[C@H]3NC(C)=O)[C@H]2O[C@@H]2O[C@@H](C)[C@@H](O)[C@@H](O)[C@@H]2O)[C@H](O)[C@@H](CO)O[C@H]1O. The average Bonchev–Trinajstić information content (AvgIpc) is 3.07. The molecule has 0 radical (unpaired) electrons. The predicted octanol–water partition coefficient (Wildman–Crippen LogP) is -8.43. The van der Waals surface area contributed by atoms with Crippen molar-refractivity contribution in [2.75, 3.05) is 19.8 Å². The summed E-state index contributed by atoms with van der Waals surface area (Å²) in [6.45, 7) is 0.914. The van der Waals surface area contributed by atoms with Crippen molar-refractivity contribution in [1.29, 1.82) is 0 Å². The number of aliphatic hydroxyl groups is 11. The van der Waals surface area contributed by atoms with Crippen LogP contribution >= 0.6 is 0 Å². The van der Waals surface area contributed by atoms with Gasteiger partial charge in [0.25, 0.3) is 0 Å². The van der Waals surface area contributed by atoms with Gasteiger partial charge in [-0.1, -0.05) is 0 Å². The van der Waals surface area contributed by atoms with Crippen LogP contribution < -0.4 is 10.6 Å². The first-order valence-electron chi connectivity index (χ1n) is 15.9. The largest absolute Gasteiger partial charge is 0.394 e. The van der Waals surface area contributed by atoms with E-state index in [1.54, 1.807) is 0 Å². The van der Waals surface area contributed by atoms with Gasteiger partial charge in [0.2, 0.25) is 11.8 Å². The van der Waals surface area contributed by atoms with Gasteiger partial charge in [0, 0.05) is 13.8 Å². The number of hydrogen-bond acceptors (Lipinski definition) is 20. The molecule has 0 saturated carbocycles. The van der Waals surface area contributed by atoms with Crippen LogP contribution in [-0.4, -0.2) is 211 Å². The normalized spacial score (nSPS) is 48.5. The summed E-state index contributed by atoms with van der Waals surface area (Å²) in [7, 11) is 0. The lowest BCUT2D eigenvalue weighted by molar-refractivity contribution is -0.396. The molecule has 4 fully saturated rings. The van der Waals surface area contributed by atoms with Gasteiger partial charge in [-0.3, -0.25) is 9.59 Å². The molecule has 22 heteroatoms. The smallest absolute Gasteiger partial charge is 0.217 e. The van der Waals surface area contributed by atoms with E-state index in [0.717, 1.165) is 13.8 Å². The molecule has 2 amide bonds. The number of ether oxygens (including phenoxy) is 7. The summed E-state index contributed by atoms with van der Waals surface area (Å²) in [5, 5.41) is 120. The molecule has 4 saturated heterocycles. The molecule has 0 aromatic carbocycles. The molecule has 0 bridgehead atoms. The lowest BCUT2D eigenvalue weighted by Gasteiger charge is -2.51. The average molecular weight is 733 g/mol. The fraction of sp³-hybridized carbons (Fsp3) is 0.929. The Labute approximate surface area is 285 Å². The standard InChI is InChI=1S/C28H48N2O20/c1-7-15(36)20(41)21(42)27(44-7)50-24-23(49-26-13(29-8(2)34)19(40)16(37)10(4-31)46-26)18(39)12(6-33)47-28(24)48-22-14(30-9(3)35)25(43)45-11(5-32)17(22)38/h7,10-28,31-33,36-43H,4-6H2,1-3H3,(H,29,34)(H,30,35)/t7-,10+,11+,12+,13+,14+,15+,16-,17+,18-,19+,20+,21-,22+,23-,24+,25+,26+,27-,28-/m0/s1. The van der Waals surface area contributed by atoms with E-state index in [1.807, 2.05) is 0 Å². The van der Waals surface area contributed by atoms with Crippen LogP contribution in [0.5, 0.6) is 0 Å². The molecule has 4 heterocycles. The minimum atomic E-state index is -1.95. The van der Waals surface area contributed by atoms with Crippen LogP contribution in [0.2, 0.25) is 0 Å². The van der Waals surface area contributed by atoms with Crippen molar-refractivity contribution in [2.24, 2.45) is 0 Å². The predicted molar refractivity (Wildman–Crippen MR) is 156 cm³/mol. The van der Waals surface area contributed by atoms with Gasteiger partial charge < -0.3 is 100.0 Å². The molecule has 0 spiro atoms. The lowest BCUT2D eigenvalue weighted by atomic mass is 9.94. The highest BCUT2D eigenvalue weighted by Crippen LogP contribution is 2.36. The monoisotopic (exact) mass is 732 g/mol. The minimum absolute atomic E-state index is 0.707. The molecule has 0 aromatic rings. The third kappa shape index (κ3) is 8.70. The summed E-state index contributed by atoms with van der Waals surface area (Å²) in [5.74, 6) is -1.42. The highest BCUT2D eigenvalue weighted by atomic mass is 16.8. The van der Waals surface area contributed by atoms with Crippen LogP contribution in [0, 0.1) is 0 Å². The van der Waals surface area contributed by atoms with E-state index in [-0.39, 0.29) is 0 Å². The molecule has 4 aliphatic heterocycles. The Bertz CT molecular complexity index is 1130. The molecule has 50 heavy (non-hydrogen) atoms. The van der Waals surface area contributed by atoms with E-state index in [0.29, 0.717) is 0 Å². The second-order valence-electron chi connectivity index (χ2n) is 12.6. The Morgan fingerprint density at radius 1 is 0.520 bits per heavy atom. The van der Waals surface area contributed by atoms with E-state index < -0.39 is 154 Å². The third-order valence-electron chi connectivity index (χ3n) is 8.97. The Morgan fingerprint density at radius 3 is 1.58 bits per heavy atom. The Hall–Kier alpha value is -1.78. The number of rotatable bonds is 11. The number of aliphatic hydroxyl groups excluding tert-OH is 11. The maximum absolute atomic E-state index is 12.1. The molecule has 13 N–H and O–H groups in total.